The van der Waals surface area contributed by atoms with Crippen molar-refractivity contribution < 1.29 is 4.74 Å². The van der Waals surface area contributed by atoms with Crippen LogP contribution in [0.1, 0.15) is 44.2 Å². The van der Waals surface area contributed by atoms with Gasteiger partial charge in [0.2, 0.25) is 0 Å². The van der Waals surface area contributed by atoms with Crippen molar-refractivity contribution in [3.05, 3.63) is 34.9 Å². The molecular formula is C16H24ClNO. The van der Waals surface area contributed by atoms with Crippen LogP contribution in [0.4, 0.5) is 0 Å². The Kier molecular flexibility index (Phi) is 6.15. The summed E-state index contributed by atoms with van der Waals surface area (Å²) in [7, 11) is 0. The van der Waals surface area contributed by atoms with Gasteiger partial charge in [0, 0.05) is 24.3 Å². The van der Waals surface area contributed by atoms with Crippen molar-refractivity contribution in [1.82, 2.24) is 5.32 Å². The lowest BCUT2D eigenvalue weighted by atomic mass is 9.97. The van der Waals surface area contributed by atoms with Crippen LogP contribution in [0.5, 0.6) is 0 Å². The third-order valence-electron chi connectivity index (χ3n) is 3.84. The Morgan fingerprint density at radius 3 is 2.58 bits per heavy atom. The minimum atomic E-state index is 0.449. The fourth-order valence-corrected chi connectivity index (χ4v) is 2.76. The van der Waals surface area contributed by atoms with Crippen LogP contribution >= 0.6 is 11.6 Å². The zero-order valence-electron chi connectivity index (χ0n) is 11.7. The zero-order valence-corrected chi connectivity index (χ0v) is 12.5. The van der Waals surface area contributed by atoms with E-state index in [2.05, 4.69) is 24.4 Å². The molecule has 0 aromatic heterocycles. The van der Waals surface area contributed by atoms with Crippen molar-refractivity contribution >= 4 is 11.6 Å². The van der Waals surface area contributed by atoms with Crippen molar-refractivity contribution in [2.45, 2.75) is 38.6 Å². The second-order valence-electron chi connectivity index (χ2n) is 5.36. The van der Waals surface area contributed by atoms with Crippen molar-refractivity contribution in [3.8, 4) is 0 Å². The van der Waals surface area contributed by atoms with E-state index < -0.39 is 0 Å². The van der Waals surface area contributed by atoms with Crippen LogP contribution in [-0.4, -0.2) is 19.8 Å². The predicted molar refractivity (Wildman–Crippen MR) is 80.6 cm³/mol. The summed E-state index contributed by atoms with van der Waals surface area (Å²) >= 11 is 5.96. The summed E-state index contributed by atoms with van der Waals surface area (Å²) < 4.78 is 5.41. The topological polar surface area (TPSA) is 21.3 Å². The molecule has 3 heteroatoms. The van der Waals surface area contributed by atoms with Gasteiger partial charge in [-0.25, -0.2) is 0 Å². The van der Waals surface area contributed by atoms with E-state index in [-0.39, 0.29) is 0 Å². The van der Waals surface area contributed by atoms with E-state index in [0.29, 0.717) is 6.04 Å². The molecule has 1 aliphatic rings. The van der Waals surface area contributed by atoms with Gasteiger partial charge >= 0.3 is 0 Å². The van der Waals surface area contributed by atoms with Gasteiger partial charge in [0.05, 0.1) is 0 Å². The molecule has 2 rings (SSSR count). The lowest BCUT2D eigenvalue weighted by Crippen LogP contribution is -2.30. The molecule has 0 spiro atoms. The summed E-state index contributed by atoms with van der Waals surface area (Å²) in [6.45, 7) is 5.17. The standard InChI is InChI=1S/C16H24ClNO/c1-2-3-16(14-4-6-15(17)7-5-14)18-12-13-8-10-19-11-9-13/h4-7,13,16,18H,2-3,8-12H2,1H3. The highest BCUT2D eigenvalue weighted by atomic mass is 35.5. The SMILES string of the molecule is CCCC(NCC1CCOCC1)c1ccc(Cl)cc1. The molecular weight excluding hydrogens is 258 g/mol. The molecule has 1 aromatic carbocycles. The average molecular weight is 282 g/mol. The number of hydrogen-bond donors (Lipinski definition) is 1. The Balaban J connectivity index is 1.89. The van der Waals surface area contributed by atoms with Crippen LogP contribution in [-0.2, 0) is 4.74 Å². The van der Waals surface area contributed by atoms with E-state index in [1.165, 1.54) is 31.2 Å². The highest BCUT2D eigenvalue weighted by molar-refractivity contribution is 6.30. The number of benzene rings is 1. The lowest BCUT2D eigenvalue weighted by molar-refractivity contribution is 0.0653. The molecule has 0 radical (unpaired) electrons. The molecule has 0 aliphatic carbocycles. The third kappa shape index (κ3) is 4.79. The maximum atomic E-state index is 5.96. The van der Waals surface area contributed by atoms with Crippen LogP contribution in [0.25, 0.3) is 0 Å². The molecule has 1 aliphatic heterocycles. The summed E-state index contributed by atoms with van der Waals surface area (Å²) in [5.41, 5.74) is 1.35. The van der Waals surface area contributed by atoms with E-state index in [1.807, 2.05) is 12.1 Å². The molecule has 1 saturated heterocycles. The van der Waals surface area contributed by atoms with Crippen LogP contribution in [0, 0.1) is 5.92 Å². The van der Waals surface area contributed by atoms with Crippen LogP contribution in [0.15, 0.2) is 24.3 Å². The van der Waals surface area contributed by atoms with E-state index in [9.17, 15) is 0 Å². The molecule has 0 bridgehead atoms. The largest absolute Gasteiger partial charge is 0.381 e. The lowest BCUT2D eigenvalue weighted by Gasteiger charge is -2.26. The Morgan fingerprint density at radius 1 is 1.26 bits per heavy atom. The van der Waals surface area contributed by atoms with Gasteiger partial charge in [-0.1, -0.05) is 37.1 Å². The summed E-state index contributed by atoms with van der Waals surface area (Å²) in [5.74, 6) is 0.764. The number of ether oxygens (including phenoxy) is 1. The molecule has 0 amide bonds. The molecule has 1 unspecified atom stereocenters. The average Bonchev–Trinajstić information content (AvgIpc) is 2.46. The summed E-state index contributed by atoms with van der Waals surface area (Å²) in [5, 5.41) is 4.54. The summed E-state index contributed by atoms with van der Waals surface area (Å²) in [6, 6.07) is 8.69. The van der Waals surface area contributed by atoms with E-state index in [4.69, 9.17) is 16.3 Å². The first-order valence-corrected chi connectivity index (χ1v) is 7.74. The van der Waals surface area contributed by atoms with Gasteiger partial charge < -0.3 is 10.1 Å². The Hall–Kier alpha value is -0.570. The zero-order chi connectivity index (χ0) is 13.5. The predicted octanol–water partition coefficient (Wildman–Crippen LogP) is 4.20. The van der Waals surface area contributed by atoms with Crippen molar-refractivity contribution in [2.24, 2.45) is 5.92 Å². The molecule has 1 fully saturated rings. The molecule has 19 heavy (non-hydrogen) atoms. The fourth-order valence-electron chi connectivity index (χ4n) is 2.63. The molecule has 1 aromatic rings. The second-order valence-corrected chi connectivity index (χ2v) is 5.79. The van der Waals surface area contributed by atoms with Crippen molar-refractivity contribution in [3.63, 3.8) is 0 Å². The van der Waals surface area contributed by atoms with Gasteiger partial charge in [0.15, 0.2) is 0 Å². The van der Waals surface area contributed by atoms with Gasteiger partial charge in [0.1, 0.15) is 0 Å². The van der Waals surface area contributed by atoms with Crippen LogP contribution < -0.4 is 5.32 Å². The van der Waals surface area contributed by atoms with Crippen LogP contribution in [0.2, 0.25) is 5.02 Å². The van der Waals surface area contributed by atoms with Gasteiger partial charge in [-0.3, -0.25) is 0 Å². The maximum Gasteiger partial charge on any atom is 0.0469 e. The first-order valence-electron chi connectivity index (χ1n) is 7.36. The van der Waals surface area contributed by atoms with Gasteiger partial charge in [-0.05, 0) is 49.4 Å². The first kappa shape index (κ1) is 14.8. The Labute approximate surface area is 121 Å². The first-order chi connectivity index (χ1) is 9.29. The smallest absolute Gasteiger partial charge is 0.0469 e. The fraction of sp³-hybridized carbons (Fsp3) is 0.625. The van der Waals surface area contributed by atoms with Crippen molar-refractivity contribution in [2.75, 3.05) is 19.8 Å². The number of rotatable bonds is 6. The highest BCUT2D eigenvalue weighted by Crippen LogP contribution is 2.22. The van der Waals surface area contributed by atoms with E-state index >= 15 is 0 Å². The monoisotopic (exact) mass is 281 g/mol. The minimum Gasteiger partial charge on any atom is -0.381 e. The normalized spacial score (nSPS) is 18.4. The molecule has 0 saturated carbocycles. The number of hydrogen-bond acceptors (Lipinski definition) is 2. The van der Waals surface area contributed by atoms with E-state index in [0.717, 1.165) is 30.7 Å². The number of halogens is 1. The molecule has 106 valence electrons. The molecule has 1 N–H and O–H groups in total. The quantitative estimate of drug-likeness (QED) is 0.844. The molecule has 2 nitrogen and oxygen atoms in total. The van der Waals surface area contributed by atoms with E-state index in [1.54, 1.807) is 0 Å². The molecule has 1 atom stereocenters. The Morgan fingerprint density at radius 2 is 1.95 bits per heavy atom. The molecule has 1 heterocycles. The van der Waals surface area contributed by atoms with Gasteiger partial charge in [-0.2, -0.15) is 0 Å². The third-order valence-corrected chi connectivity index (χ3v) is 4.10. The minimum absolute atomic E-state index is 0.449. The van der Waals surface area contributed by atoms with Gasteiger partial charge in [-0.15, -0.1) is 0 Å². The summed E-state index contributed by atoms with van der Waals surface area (Å²) in [4.78, 5) is 0. The number of nitrogens with one attached hydrogen (secondary N) is 1. The Bertz CT molecular complexity index is 360. The highest BCUT2D eigenvalue weighted by Gasteiger charge is 2.16. The maximum absolute atomic E-state index is 5.96. The second kappa shape index (κ2) is 7.88. The van der Waals surface area contributed by atoms with Gasteiger partial charge in [0.25, 0.3) is 0 Å². The van der Waals surface area contributed by atoms with Crippen LogP contribution in [0.3, 0.4) is 0 Å². The summed E-state index contributed by atoms with van der Waals surface area (Å²) in [6.07, 6.45) is 4.73. The van der Waals surface area contributed by atoms with Crippen molar-refractivity contribution in [1.29, 1.82) is 0 Å².